The van der Waals surface area contributed by atoms with Gasteiger partial charge in [-0.25, -0.2) is 8.42 Å². The van der Waals surface area contributed by atoms with E-state index < -0.39 is 9.84 Å². The lowest BCUT2D eigenvalue weighted by atomic mass is 9.93. The molecule has 1 rings (SSSR count). The van der Waals surface area contributed by atoms with Gasteiger partial charge >= 0.3 is 0 Å². The summed E-state index contributed by atoms with van der Waals surface area (Å²) in [5.74, 6) is 5.70. The molecular weight excluding hydrogens is 248 g/mol. The number of hydrogen-bond donors (Lipinski definition) is 2. The normalized spacial score (nSPS) is 13.6. The quantitative estimate of drug-likeness (QED) is 0.629. The van der Waals surface area contributed by atoms with Crippen molar-refractivity contribution >= 4 is 9.84 Å². The van der Waals surface area contributed by atoms with Crippen molar-refractivity contribution in [1.82, 2.24) is 5.43 Å². The van der Waals surface area contributed by atoms with Gasteiger partial charge < -0.3 is 0 Å². The van der Waals surface area contributed by atoms with Crippen LogP contribution in [0.25, 0.3) is 0 Å². The molecule has 0 fully saturated rings. The van der Waals surface area contributed by atoms with Gasteiger partial charge in [-0.1, -0.05) is 17.7 Å². The third-order valence-electron chi connectivity index (χ3n) is 3.06. The van der Waals surface area contributed by atoms with Gasteiger partial charge in [-0.05, 0) is 43.9 Å². The minimum absolute atomic E-state index is 0.125. The summed E-state index contributed by atoms with van der Waals surface area (Å²) in [4.78, 5) is 0. The lowest BCUT2D eigenvalue weighted by Gasteiger charge is -2.21. The summed E-state index contributed by atoms with van der Waals surface area (Å²) in [6, 6.07) is 4.06. The van der Waals surface area contributed by atoms with Crippen LogP contribution in [0, 0.1) is 20.8 Å². The van der Waals surface area contributed by atoms with Crippen molar-refractivity contribution in [1.29, 1.82) is 0 Å². The molecular formula is C13H22N2O2S. The van der Waals surface area contributed by atoms with E-state index in [2.05, 4.69) is 17.6 Å². The van der Waals surface area contributed by atoms with E-state index in [0.717, 1.165) is 16.7 Å². The monoisotopic (exact) mass is 270 g/mol. The van der Waals surface area contributed by atoms with Crippen molar-refractivity contribution in [3.63, 3.8) is 0 Å². The van der Waals surface area contributed by atoms with Crippen molar-refractivity contribution in [3.05, 3.63) is 34.4 Å². The maximum atomic E-state index is 11.2. The Kier molecular flexibility index (Phi) is 4.90. The molecule has 0 amide bonds. The lowest BCUT2D eigenvalue weighted by molar-refractivity contribution is 0.527. The number of hydrogen-bond acceptors (Lipinski definition) is 4. The molecule has 1 aromatic rings. The van der Waals surface area contributed by atoms with Crippen molar-refractivity contribution in [3.8, 4) is 0 Å². The molecule has 1 atom stereocenters. The van der Waals surface area contributed by atoms with Crippen LogP contribution in [0.2, 0.25) is 0 Å². The van der Waals surface area contributed by atoms with Crippen molar-refractivity contribution < 1.29 is 8.42 Å². The van der Waals surface area contributed by atoms with Gasteiger partial charge in [0.15, 0.2) is 0 Å². The Labute approximate surface area is 109 Å². The van der Waals surface area contributed by atoms with E-state index in [4.69, 9.17) is 5.84 Å². The van der Waals surface area contributed by atoms with Gasteiger partial charge in [0, 0.05) is 12.3 Å². The fourth-order valence-corrected chi connectivity index (χ4v) is 3.05. The molecule has 3 N–H and O–H groups in total. The SMILES string of the molecule is Cc1cc(C)c(C(CCS(C)(=O)=O)NN)c(C)c1. The van der Waals surface area contributed by atoms with Gasteiger partial charge in [0.1, 0.15) is 9.84 Å². The summed E-state index contributed by atoms with van der Waals surface area (Å²) in [7, 11) is -2.97. The Bertz CT molecular complexity index is 501. The first-order chi connectivity index (χ1) is 8.24. The van der Waals surface area contributed by atoms with Crippen LogP contribution < -0.4 is 11.3 Å². The highest BCUT2D eigenvalue weighted by atomic mass is 32.2. The fraction of sp³-hybridized carbons (Fsp3) is 0.538. The van der Waals surface area contributed by atoms with Gasteiger partial charge in [0.25, 0.3) is 0 Å². The first kappa shape index (κ1) is 15.1. The van der Waals surface area contributed by atoms with Crippen molar-refractivity contribution in [2.45, 2.75) is 33.2 Å². The number of benzene rings is 1. The molecule has 0 saturated heterocycles. The number of hydrazine groups is 1. The Balaban J connectivity index is 3.02. The lowest BCUT2D eigenvalue weighted by Crippen LogP contribution is -2.30. The molecule has 0 spiro atoms. The van der Waals surface area contributed by atoms with Crippen LogP contribution in [0.5, 0.6) is 0 Å². The smallest absolute Gasteiger partial charge is 0.147 e. The molecule has 0 radical (unpaired) electrons. The Morgan fingerprint density at radius 1 is 1.22 bits per heavy atom. The molecule has 1 aromatic carbocycles. The van der Waals surface area contributed by atoms with Crippen molar-refractivity contribution in [2.75, 3.05) is 12.0 Å². The highest BCUT2D eigenvalue weighted by Crippen LogP contribution is 2.25. The van der Waals surface area contributed by atoms with Gasteiger partial charge in [0.05, 0.1) is 5.75 Å². The van der Waals surface area contributed by atoms with Crippen LogP contribution in [0.15, 0.2) is 12.1 Å². The largest absolute Gasteiger partial charge is 0.271 e. The predicted molar refractivity (Wildman–Crippen MR) is 75.0 cm³/mol. The van der Waals surface area contributed by atoms with Gasteiger partial charge in [-0.3, -0.25) is 11.3 Å². The summed E-state index contributed by atoms with van der Waals surface area (Å²) in [5, 5.41) is 0. The summed E-state index contributed by atoms with van der Waals surface area (Å²) in [5.41, 5.74) is 7.32. The first-order valence-corrected chi connectivity index (χ1v) is 8.02. The minimum Gasteiger partial charge on any atom is -0.271 e. The first-order valence-electron chi connectivity index (χ1n) is 5.96. The van der Waals surface area contributed by atoms with Crippen LogP contribution in [0.1, 0.15) is 34.7 Å². The zero-order chi connectivity index (χ0) is 13.9. The predicted octanol–water partition coefficient (Wildman–Crippen LogP) is 1.55. The molecule has 1 unspecified atom stereocenters. The zero-order valence-corrected chi connectivity index (χ0v) is 12.3. The Morgan fingerprint density at radius 2 is 1.72 bits per heavy atom. The van der Waals surface area contributed by atoms with Crippen LogP contribution in [0.4, 0.5) is 0 Å². The van der Waals surface area contributed by atoms with E-state index in [1.165, 1.54) is 11.8 Å². The standard InChI is InChI=1S/C13H22N2O2S/c1-9-7-10(2)13(11(3)8-9)12(15-14)5-6-18(4,16)17/h7-8,12,15H,5-6,14H2,1-4H3. The van der Waals surface area contributed by atoms with Crippen LogP contribution in [-0.2, 0) is 9.84 Å². The zero-order valence-electron chi connectivity index (χ0n) is 11.4. The van der Waals surface area contributed by atoms with Crippen LogP contribution >= 0.6 is 0 Å². The highest BCUT2D eigenvalue weighted by molar-refractivity contribution is 7.90. The van der Waals surface area contributed by atoms with Crippen LogP contribution in [0.3, 0.4) is 0 Å². The maximum Gasteiger partial charge on any atom is 0.147 e. The molecule has 18 heavy (non-hydrogen) atoms. The summed E-state index contributed by atoms with van der Waals surface area (Å²) in [6.45, 7) is 6.10. The Hall–Kier alpha value is -0.910. The van der Waals surface area contributed by atoms with Crippen LogP contribution in [-0.4, -0.2) is 20.4 Å². The molecule has 5 heteroatoms. The average Bonchev–Trinajstić information content (AvgIpc) is 2.20. The second-order valence-electron chi connectivity index (χ2n) is 4.95. The molecule has 0 heterocycles. The van der Waals surface area contributed by atoms with E-state index in [-0.39, 0.29) is 11.8 Å². The van der Waals surface area contributed by atoms with E-state index >= 15 is 0 Å². The maximum absolute atomic E-state index is 11.2. The van der Waals surface area contributed by atoms with E-state index in [1.807, 2.05) is 20.8 Å². The number of rotatable bonds is 5. The van der Waals surface area contributed by atoms with E-state index in [9.17, 15) is 8.42 Å². The second-order valence-corrected chi connectivity index (χ2v) is 7.21. The molecule has 0 bridgehead atoms. The number of nitrogens with one attached hydrogen (secondary N) is 1. The summed E-state index contributed by atoms with van der Waals surface area (Å²) >= 11 is 0. The van der Waals surface area contributed by atoms with Gasteiger partial charge in [-0.2, -0.15) is 0 Å². The molecule has 4 nitrogen and oxygen atoms in total. The van der Waals surface area contributed by atoms with Gasteiger partial charge in [0.2, 0.25) is 0 Å². The summed E-state index contributed by atoms with van der Waals surface area (Å²) in [6.07, 6.45) is 1.73. The third kappa shape index (κ3) is 4.08. The minimum atomic E-state index is -2.97. The number of nitrogens with two attached hydrogens (primary N) is 1. The third-order valence-corrected chi connectivity index (χ3v) is 4.04. The van der Waals surface area contributed by atoms with E-state index in [1.54, 1.807) is 0 Å². The van der Waals surface area contributed by atoms with Crippen molar-refractivity contribution in [2.24, 2.45) is 5.84 Å². The molecule has 0 aliphatic carbocycles. The highest BCUT2D eigenvalue weighted by Gasteiger charge is 2.17. The number of sulfone groups is 1. The topological polar surface area (TPSA) is 72.2 Å². The molecule has 102 valence electrons. The second kappa shape index (κ2) is 5.82. The Morgan fingerprint density at radius 3 is 2.11 bits per heavy atom. The van der Waals surface area contributed by atoms with E-state index in [0.29, 0.717) is 6.42 Å². The summed E-state index contributed by atoms with van der Waals surface area (Å²) < 4.78 is 22.5. The molecule has 0 aromatic heterocycles. The average molecular weight is 270 g/mol. The molecule has 0 saturated carbocycles. The fourth-order valence-electron chi connectivity index (χ4n) is 2.38. The van der Waals surface area contributed by atoms with Gasteiger partial charge in [-0.15, -0.1) is 0 Å². The molecule has 0 aliphatic rings. The molecule has 0 aliphatic heterocycles. The number of aryl methyl sites for hydroxylation is 3.